The molecule has 3 N–H and O–H groups in total. The van der Waals surface area contributed by atoms with Gasteiger partial charge < -0.3 is 25.6 Å². The van der Waals surface area contributed by atoms with Crippen LogP contribution < -0.4 is 25.6 Å². The van der Waals surface area contributed by atoms with E-state index in [1.165, 1.54) is 0 Å². The summed E-state index contributed by atoms with van der Waals surface area (Å²) in [5, 5.41) is 10.3. The Morgan fingerprint density at radius 2 is 2.10 bits per heavy atom. The van der Waals surface area contributed by atoms with E-state index in [1.807, 2.05) is 39.0 Å². The van der Waals surface area contributed by atoms with Crippen LogP contribution in [-0.4, -0.2) is 58.2 Å². The molecule has 0 saturated carbocycles. The van der Waals surface area contributed by atoms with Crippen molar-refractivity contribution in [3.05, 3.63) is 23.2 Å². The van der Waals surface area contributed by atoms with Crippen LogP contribution in [0, 0.1) is 5.41 Å². The molecule has 164 valence electrons. The van der Waals surface area contributed by atoms with Gasteiger partial charge >= 0.3 is 0 Å². The first-order valence-corrected chi connectivity index (χ1v) is 10.0. The average molecular weight is 538 g/mol. The van der Waals surface area contributed by atoms with Crippen LogP contribution in [-0.2, 0) is 4.79 Å². The van der Waals surface area contributed by atoms with E-state index in [1.54, 1.807) is 14.2 Å². The van der Waals surface area contributed by atoms with Crippen LogP contribution in [0.4, 0.5) is 5.69 Å². The van der Waals surface area contributed by atoms with Crippen molar-refractivity contribution in [2.75, 3.05) is 45.2 Å². The Morgan fingerprint density at radius 3 is 2.72 bits per heavy atom. The van der Waals surface area contributed by atoms with E-state index in [0.29, 0.717) is 24.1 Å². The van der Waals surface area contributed by atoms with E-state index in [2.05, 4.69) is 25.8 Å². The van der Waals surface area contributed by atoms with Crippen molar-refractivity contribution in [3.63, 3.8) is 0 Å². The maximum absolute atomic E-state index is 12.2. The van der Waals surface area contributed by atoms with Crippen molar-refractivity contribution in [1.29, 1.82) is 0 Å². The number of guanidine groups is 1. The Hall–Kier alpha value is -1.42. The van der Waals surface area contributed by atoms with Crippen LogP contribution in [0.15, 0.2) is 23.2 Å². The zero-order valence-corrected chi connectivity index (χ0v) is 20.9. The summed E-state index contributed by atoms with van der Waals surface area (Å²) >= 11 is 6.17. The molecule has 0 aromatic heterocycles. The monoisotopic (exact) mass is 537 g/mol. The SMILES string of the molecule is CCNC(=O)C(C)(C)CNC(=NC)NC1CCN(c2cc(Cl)ccc2OC)C1.I. The lowest BCUT2D eigenvalue weighted by Gasteiger charge is -2.26. The number of hydrogen-bond donors (Lipinski definition) is 3. The van der Waals surface area contributed by atoms with Gasteiger partial charge in [0, 0.05) is 44.3 Å². The first kappa shape index (κ1) is 25.6. The molecule has 1 aliphatic heterocycles. The lowest BCUT2D eigenvalue weighted by molar-refractivity contribution is -0.128. The number of anilines is 1. The first-order chi connectivity index (χ1) is 13.3. The summed E-state index contributed by atoms with van der Waals surface area (Å²) in [6.45, 7) is 8.59. The van der Waals surface area contributed by atoms with Gasteiger partial charge in [-0.05, 0) is 45.4 Å². The van der Waals surface area contributed by atoms with Crippen LogP contribution in [0.2, 0.25) is 5.02 Å². The molecule has 1 atom stereocenters. The zero-order valence-electron chi connectivity index (χ0n) is 17.8. The number of rotatable bonds is 7. The number of hydrogen-bond acceptors (Lipinski definition) is 4. The Morgan fingerprint density at radius 1 is 1.38 bits per heavy atom. The summed E-state index contributed by atoms with van der Waals surface area (Å²) in [4.78, 5) is 18.7. The van der Waals surface area contributed by atoms with Crippen LogP contribution in [0.3, 0.4) is 0 Å². The molecule has 0 spiro atoms. The van der Waals surface area contributed by atoms with Gasteiger partial charge in [0.2, 0.25) is 5.91 Å². The molecule has 29 heavy (non-hydrogen) atoms. The number of halogens is 2. The van der Waals surface area contributed by atoms with Crippen LogP contribution in [0.25, 0.3) is 0 Å². The second-order valence-corrected chi connectivity index (χ2v) is 8.00. The molecule has 2 rings (SSSR count). The second kappa shape index (κ2) is 11.7. The molecule has 1 aromatic rings. The second-order valence-electron chi connectivity index (χ2n) is 7.56. The van der Waals surface area contributed by atoms with Crippen molar-refractivity contribution < 1.29 is 9.53 Å². The van der Waals surface area contributed by atoms with Gasteiger partial charge in [0.1, 0.15) is 5.75 Å². The third-order valence-electron chi connectivity index (χ3n) is 4.88. The van der Waals surface area contributed by atoms with Gasteiger partial charge in [0.15, 0.2) is 5.96 Å². The number of amides is 1. The topological polar surface area (TPSA) is 78.0 Å². The summed E-state index contributed by atoms with van der Waals surface area (Å²) in [6.07, 6.45) is 0.968. The summed E-state index contributed by atoms with van der Waals surface area (Å²) in [5.74, 6) is 1.54. The summed E-state index contributed by atoms with van der Waals surface area (Å²) in [6, 6.07) is 5.90. The fraction of sp³-hybridized carbons (Fsp3) is 0.600. The Labute approximate surface area is 196 Å². The minimum atomic E-state index is -0.524. The lowest BCUT2D eigenvalue weighted by Crippen LogP contribution is -2.50. The fourth-order valence-corrected chi connectivity index (χ4v) is 3.35. The van der Waals surface area contributed by atoms with Gasteiger partial charge in [-0.15, -0.1) is 24.0 Å². The summed E-state index contributed by atoms with van der Waals surface area (Å²) < 4.78 is 5.47. The number of carbonyl (C=O) groups excluding carboxylic acids is 1. The van der Waals surface area contributed by atoms with E-state index in [0.717, 1.165) is 30.9 Å². The smallest absolute Gasteiger partial charge is 0.227 e. The van der Waals surface area contributed by atoms with Crippen molar-refractivity contribution in [1.82, 2.24) is 16.0 Å². The minimum absolute atomic E-state index is 0. The van der Waals surface area contributed by atoms with E-state index in [4.69, 9.17) is 16.3 Å². The highest BCUT2D eigenvalue weighted by Gasteiger charge is 2.29. The van der Waals surface area contributed by atoms with Crippen LogP contribution >= 0.6 is 35.6 Å². The van der Waals surface area contributed by atoms with Gasteiger partial charge in [-0.3, -0.25) is 9.79 Å². The van der Waals surface area contributed by atoms with E-state index in [9.17, 15) is 4.79 Å². The maximum Gasteiger partial charge on any atom is 0.227 e. The van der Waals surface area contributed by atoms with Gasteiger partial charge in [-0.1, -0.05) is 11.6 Å². The highest BCUT2D eigenvalue weighted by Crippen LogP contribution is 2.33. The number of benzene rings is 1. The maximum atomic E-state index is 12.2. The summed E-state index contributed by atoms with van der Waals surface area (Å²) in [5.41, 5.74) is 0.475. The highest BCUT2D eigenvalue weighted by molar-refractivity contribution is 14.0. The quantitative estimate of drug-likeness (QED) is 0.283. The zero-order chi connectivity index (χ0) is 20.7. The third kappa shape index (κ3) is 7.09. The van der Waals surface area contributed by atoms with Crippen molar-refractivity contribution >= 4 is 53.1 Å². The van der Waals surface area contributed by atoms with Gasteiger partial charge in [0.25, 0.3) is 0 Å². The predicted molar refractivity (Wildman–Crippen MR) is 131 cm³/mol. The molecular formula is C20H33ClIN5O2. The molecule has 1 unspecified atom stereocenters. The number of carbonyl (C=O) groups is 1. The number of nitrogens with zero attached hydrogens (tertiary/aromatic N) is 2. The van der Waals surface area contributed by atoms with Crippen molar-refractivity contribution in [2.45, 2.75) is 33.2 Å². The minimum Gasteiger partial charge on any atom is -0.495 e. The van der Waals surface area contributed by atoms with E-state index < -0.39 is 5.41 Å². The third-order valence-corrected chi connectivity index (χ3v) is 5.12. The lowest BCUT2D eigenvalue weighted by atomic mass is 9.92. The predicted octanol–water partition coefficient (Wildman–Crippen LogP) is 2.87. The van der Waals surface area contributed by atoms with Gasteiger partial charge in [0.05, 0.1) is 18.2 Å². The number of aliphatic imine (C=N–C) groups is 1. The molecule has 1 amide bonds. The number of methoxy groups -OCH3 is 1. The molecule has 0 aliphatic carbocycles. The largest absolute Gasteiger partial charge is 0.495 e. The fourth-order valence-electron chi connectivity index (χ4n) is 3.18. The van der Waals surface area contributed by atoms with Gasteiger partial charge in [-0.2, -0.15) is 0 Å². The molecule has 0 bridgehead atoms. The van der Waals surface area contributed by atoms with Crippen molar-refractivity contribution in [2.24, 2.45) is 10.4 Å². The Balaban J connectivity index is 0.00000420. The van der Waals surface area contributed by atoms with E-state index >= 15 is 0 Å². The molecular weight excluding hydrogens is 505 g/mol. The molecule has 1 heterocycles. The number of nitrogens with one attached hydrogen (secondary N) is 3. The molecule has 7 nitrogen and oxygen atoms in total. The molecule has 9 heteroatoms. The summed E-state index contributed by atoms with van der Waals surface area (Å²) in [7, 11) is 3.40. The van der Waals surface area contributed by atoms with Crippen LogP contribution in [0.1, 0.15) is 27.2 Å². The molecule has 1 saturated heterocycles. The van der Waals surface area contributed by atoms with Crippen LogP contribution in [0.5, 0.6) is 5.75 Å². The normalized spacial score (nSPS) is 16.8. The molecule has 1 aromatic carbocycles. The first-order valence-electron chi connectivity index (χ1n) is 9.64. The number of ether oxygens (including phenoxy) is 1. The Bertz CT molecular complexity index is 714. The van der Waals surface area contributed by atoms with E-state index in [-0.39, 0.29) is 35.9 Å². The highest BCUT2D eigenvalue weighted by atomic mass is 127. The Kier molecular flexibility index (Phi) is 10.3. The standard InChI is InChI=1S/C20H32ClN5O2.HI/c1-6-23-18(27)20(2,3)13-24-19(22-4)25-15-9-10-26(12-15)16-11-14(21)7-8-17(16)28-5;/h7-8,11,15H,6,9-10,12-13H2,1-5H3,(H,23,27)(H2,22,24,25);1H. The van der Waals surface area contributed by atoms with Crippen molar-refractivity contribution in [3.8, 4) is 5.75 Å². The molecule has 1 aliphatic rings. The molecule has 1 fully saturated rings. The van der Waals surface area contributed by atoms with Gasteiger partial charge in [-0.25, -0.2) is 0 Å². The molecule has 0 radical (unpaired) electrons. The average Bonchev–Trinajstić information content (AvgIpc) is 3.13.